The zero-order chi connectivity index (χ0) is 17.4. The maximum atomic E-state index is 13.9. The summed E-state index contributed by atoms with van der Waals surface area (Å²) in [5, 5.41) is 0. The molecule has 8 heteroatoms. The van der Waals surface area contributed by atoms with Crippen molar-refractivity contribution in [2.45, 2.75) is 30.3 Å². The van der Waals surface area contributed by atoms with Crippen LogP contribution in [-0.2, 0) is 6.54 Å². The van der Waals surface area contributed by atoms with E-state index in [1.807, 2.05) is 24.3 Å². The van der Waals surface area contributed by atoms with Crippen LogP contribution >= 0.6 is 27.9 Å². The summed E-state index contributed by atoms with van der Waals surface area (Å²) in [6.45, 7) is 0.335. The molecule has 0 spiro atoms. The second-order valence-electron chi connectivity index (χ2n) is 5.42. The van der Waals surface area contributed by atoms with Crippen LogP contribution in [0.5, 0.6) is 0 Å². The van der Waals surface area contributed by atoms with E-state index in [-0.39, 0.29) is 6.04 Å². The summed E-state index contributed by atoms with van der Waals surface area (Å²) in [7, 11) is 0. The second kappa shape index (κ2) is 7.01. The van der Waals surface area contributed by atoms with Crippen molar-refractivity contribution in [3.8, 4) is 0 Å². The number of benzene rings is 2. The molecule has 1 aliphatic rings. The Labute approximate surface area is 148 Å². The van der Waals surface area contributed by atoms with Crippen LogP contribution in [0.3, 0.4) is 0 Å². The lowest BCUT2D eigenvalue weighted by Gasteiger charge is -2.21. The highest BCUT2D eigenvalue weighted by Crippen LogP contribution is 2.40. The SMILES string of the molecule is Fc1c(F)c(F)c(SN(Cc2ccc(Br)cc2)C2CC2)c(F)c1F. The predicted molar refractivity (Wildman–Crippen MR) is 84.8 cm³/mol. The van der Waals surface area contributed by atoms with E-state index in [0.29, 0.717) is 18.5 Å². The first-order valence-electron chi connectivity index (χ1n) is 7.09. The average molecular weight is 424 g/mol. The average Bonchev–Trinajstić information content (AvgIpc) is 3.41. The van der Waals surface area contributed by atoms with Crippen molar-refractivity contribution in [3.63, 3.8) is 0 Å². The van der Waals surface area contributed by atoms with E-state index in [0.717, 1.165) is 22.9 Å². The quantitative estimate of drug-likeness (QED) is 0.258. The molecule has 0 aliphatic heterocycles. The standard InChI is InChI=1S/C16H11BrF5NS/c17-9-3-1-8(2-4-9)7-23(10-5-6-10)24-16-14(21)12(19)11(18)13(20)15(16)22/h1-4,10H,5-7H2. The van der Waals surface area contributed by atoms with Gasteiger partial charge in [-0.15, -0.1) is 0 Å². The van der Waals surface area contributed by atoms with Crippen molar-refractivity contribution in [2.24, 2.45) is 0 Å². The smallest absolute Gasteiger partial charge is 0.200 e. The molecule has 0 bridgehead atoms. The van der Waals surface area contributed by atoms with Crippen molar-refractivity contribution >= 4 is 27.9 Å². The van der Waals surface area contributed by atoms with Gasteiger partial charge in [0, 0.05) is 17.1 Å². The monoisotopic (exact) mass is 423 g/mol. The predicted octanol–water partition coefficient (Wildman–Crippen LogP) is 5.82. The summed E-state index contributed by atoms with van der Waals surface area (Å²) in [4.78, 5) is -0.865. The first kappa shape index (κ1) is 17.7. The Kier molecular flexibility index (Phi) is 5.17. The highest BCUT2D eigenvalue weighted by Gasteiger charge is 2.34. The van der Waals surface area contributed by atoms with Gasteiger partial charge >= 0.3 is 0 Å². The van der Waals surface area contributed by atoms with E-state index in [1.165, 1.54) is 0 Å². The molecule has 1 fully saturated rings. The Morgan fingerprint density at radius 2 is 1.38 bits per heavy atom. The number of nitrogens with zero attached hydrogens (tertiary/aromatic N) is 1. The van der Waals surface area contributed by atoms with Gasteiger partial charge in [0.05, 0.1) is 0 Å². The van der Waals surface area contributed by atoms with E-state index in [2.05, 4.69) is 15.9 Å². The van der Waals surface area contributed by atoms with E-state index in [9.17, 15) is 22.0 Å². The van der Waals surface area contributed by atoms with Gasteiger partial charge in [-0.3, -0.25) is 0 Å². The third-order valence-electron chi connectivity index (χ3n) is 3.58. The van der Waals surface area contributed by atoms with Crippen molar-refractivity contribution in [1.29, 1.82) is 0 Å². The third kappa shape index (κ3) is 3.60. The molecule has 2 aromatic rings. The number of hydrogen-bond donors (Lipinski definition) is 0. The van der Waals surface area contributed by atoms with Gasteiger partial charge in [-0.1, -0.05) is 28.1 Å². The zero-order valence-electron chi connectivity index (χ0n) is 12.1. The molecule has 2 aromatic carbocycles. The van der Waals surface area contributed by atoms with Crippen LogP contribution in [0.1, 0.15) is 18.4 Å². The van der Waals surface area contributed by atoms with Gasteiger partial charge in [0.15, 0.2) is 23.3 Å². The highest BCUT2D eigenvalue weighted by molar-refractivity contribution is 9.10. The van der Waals surface area contributed by atoms with Gasteiger partial charge in [-0.25, -0.2) is 26.3 Å². The van der Waals surface area contributed by atoms with Gasteiger partial charge in [0.25, 0.3) is 0 Å². The van der Waals surface area contributed by atoms with E-state index in [4.69, 9.17) is 0 Å². The van der Waals surface area contributed by atoms with Crippen LogP contribution in [0.25, 0.3) is 0 Å². The Hall–Kier alpha value is -1.12. The lowest BCUT2D eigenvalue weighted by atomic mass is 10.2. The molecule has 0 saturated heterocycles. The second-order valence-corrected chi connectivity index (χ2v) is 7.40. The van der Waals surface area contributed by atoms with Crippen LogP contribution in [0.4, 0.5) is 22.0 Å². The van der Waals surface area contributed by atoms with Gasteiger partial charge in [0.1, 0.15) is 4.90 Å². The third-order valence-corrected chi connectivity index (χ3v) is 5.32. The van der Waals surface area contributed by atoms with Crippen molar-refractivity contribution in [2.75, 3.05) is 0 Å². The van der Waals surface area contributed by atoms with Gasteiger partial charge < -0.3 is 0 Å². The molecule has 0 N–H and O–H groups in total. The molecular weight excluding hydrogens is 413 g/mol. The Morgan fingerprint density at radius 1 is 0.875 bits per heavy atom. The van der Waals surface area contributed by atoms with Crippen molar-refractivity contribution in [1.82, 2.24) is 4.31 Å². The van der Waals surface area contributed by atoms with Crippen molar-refractivity contribution < 1.29 is 22.0 Å². The molecule has 0 radical (unpaired) electrons. The minimum absolute atomic E-state index is 0.0497. The molecule has 1 nitrogen and oxygen atoms in total. The first-order chi connectivity index (χ1) is 11.4. The normalized spacial score (nSPS) is 14.5. The molecule has 3 rings (SSSR count). The highest BCUT2D eigenvalue weighted by atomic mass is 79.9. The first-order valence-corrected chi connectivity index (χ1v) is 8.65. The minimum Gasteiger partial charge on any atom is -0.239 e. The molecule has 24 heavy (non-hydrogen) atoms. The fourth-order valence-electron chi connectivity index (χ4n) is 2.15. The van der Waals surface area contributed by atoms with Crippen LogP contribution < -0.4 is 0 Å². The van der Waals surface area contributed by atoms with Crippen molar-refractivity contribution in [3.05, 3.63) is 63.4 Å². The summed E-state index contributed by atoms with van der Waals surface area (Å²) in [5.74, 6) is -9.57. The lowest BCUT2D eigenvalue weighted by molar-refractivity contribution is 0.358. The summed E-state index contributed by atoms with van der Waals surface area (Å²) >= 11 is 3.89. The number of rotatable bonds is 5. The Balaban J connectivity index is 1.88. The fraction of sp³-hybridized carbons (Fsp3) is 0.250. The largest absolute Gasteiger partial charge is 0.239 e. The van der Waals surface area contributed by atoms with Crippen LogP contribution in [0.2, 0.25) is 0 Å². The van der Waals surface area contributed by atoms with Gasteiger partial charge in [0.2, 0.25) is 5.82 Å². The molecule has 0 amide bonds. The Bertz CT molecular complexity index is 735. The molecule has 128 valence electrons. The van der Waals surface area contributed by atoms with Crippen LogP contribution in [0.15, 0.2) is 33.6 Å². The molecule has 0 heterocycles. The summed E-state index contributed by atoms with van der Waals surface area (Å²) in [5.41, 5.74) is 0.876. The van der Waals surface area contributed by atoms with E-state index in [1.54, 1.807) is 4.31 Å². The molecule has 1 aliphatic carbocycles. The number of halogens is 6. The summed E-state index contributed by atoms with van der Waals surface area (Å²) in [6, 6.07) is 7.36. The van der Waals surface area contributed by atoms with Crippen LogP contribution in [-0.4, -0.2) is 10.3 Å². The fourth-order valence-corrected chi connectivity index (χ4v) is 3.56. The van der Waals surface area contributed by atoms with E-state index < -0.39 is 34.0 Å². The van der Waals surface area contributed by atoms with Gasteiger partial charge in [-0.05, 0) is 42.5 Å². The Morgan fingerprint density at radius 3 is 1.88 bits per heavy atom. The maximum absolute atomic E-state index is 13.9. The molecular formula is C16H11BrF5NS. The lowest BCUT2D eigenvalue weighted by Crippen LogP contribution is -2.19. The van der Waals surface area contributed by atoms with Crippen LogP contribution in [0, 0.1) is 29.1 Å². The molecule has 0 atom stereocenters. The number of hydrogen-bond acceptors (Lipinski definition) is 2. The minimum atomic E-state index is -2.14. The zero-order valence-corrected chi connectivity index (χ0v) is 14.5. The summed E-state index contributed by atoms with van der Waals surface area (Å²) < 4.78 is 70.1. The molecule has 0 unspecified atom stereocenters. The maximum Gasteiger partial charge on any atom is 0.200 e. The summed E-state index contributed by atoms with van der Waals surface area (Å²) in [6.07, 6.45) is 1.64. The molecule has 0 aromatic heterocycles. The van der Waals surface area contributed by atoms with Gasteiger partial charge in [-0.2, -0.15) is 0 Å². The van der Waals surface area contributed by atoms with E-state index >= 15 is 0 Å². The topological polar surface area (TPSA) is 3.24 Å². The molecule has 1 saturated carbocycles.